The third-order valence-corrected chi connectivity index (χ3v) is 2.78. The monoisotopic (exact) mass is 280 g/mol. The van der Waals surface area contributed by atoms with Crippen LogP contribution in [-0.4, -0.2) is 35.8 Å². The molecular formula is C15H28N4O. The normalized spacial score (nSPS) is 12.5. The Morgan fingerprint density at radius 1 is 1.15 bits per heavy atom. The van der Waals surface area contributed by atoms with Gasteiger partial charge in [-0.3, -0.25) is 0 Å². The summed E-state index contributed by atoms with van der Waals surface area (Å²) in [6.45, 7) is 12.8. The van der Waals surface area contributed by atoms with Crippen LogP contribution < -0.4 is 10.6 Å². The van der Waals surface area contributed by atoms with Gasteiger partial charge in [0.2, 0.25) is 0 Å². The maximum Gasteiger partial charge on any atom is 0.135 e. The summed E-state index contributed by atoms with van der Waals surface area (Å²) in [5.74, 6) is 2.91. The third-order valence-electron chi connectivity index (χ3n) is 2.78. The van der Waals surface area contributed by atoms with E-state index in [0.717, 1.165) is 37.0 Å². The molecule has 0 radical (unpaired) electrons. The quantitative estimate of drug-likeness (QED) is 0.727. The summed E-state index contributed by atoms with van der Waals surface area (Å²) in [6, 6.07) is 2.19. The van der Waals surface area contributed by atoms with Crippen molar-refractivity contribution in [1.82, 2.24) is 9.97 Å². The van der Waals surface area contributed by atoms with Gasteiger partial charge in [-0.1, -0.05) is 20.8 Å². The summed E-state index contributed by atoms with van der Waals surface area (Å²) in [7, 11) is 0. The van der Waals surface area contributed by atoms with Crippen molar-refractivity contribution in [2.24, 2.45) is 0 Å². The van der Waals surface area contributed by atoms with Crippen LogP contribution in [0.25, 0.3) is 0 Å². The second-order valence-electron chi connectivity index (χ2n) is 5.28. The van der Waals surface area contributed by atoms with Gasteiger partial charge in [0.05, 0.1) is 6.61 Å². The highest BCUT2D eigenvalue weighted by molar-refractivity contribution is 5.48. The van der Waals surface area contributed by atoms with Crippen molar-refractivity contribution in [1.29, 1.82) is 0 Å². The summed E-state index contributed by atoms with van der Waals surface area (Å²) >= 11 is 0. The van der Waals surface area contributed by atoms with Crippen LogP contribution >= 0.6 is 0 Å². The Hall–Kier alpha value is -1.36. The number of hydrogen-bond donors (Lipinski definition) is 2. The topological polar surface area (TPSA) is 59.1 Å². The number of nitrogens with one attached hydrogen (secondary N) is 2. The number of anilines is 2. The predicted molar refractivity (Wildman–Crippen MR) is 84.5 cm³/mol. The van der Waals surface area contributed by atoms with Crippen molar-refractivity contribution < 1.29 is 4.74 Å². The molecule has 1 heterocycles. The number of ether oxygens (including phenoxy) is 1. The largest absolute Gasteiger partial charge is 0.380 e. The zero-order valence-electron chi connectivity index (χ0n) is 13.4. The van der Waals surface area contributed by atoms with Crippen molar-refractivity contribution in [2.45, 2.75) is 53.0 Å². The first-order valence-electron chi connectivity index (χ1n) is 7.53. The molecule has 114 valence electrons. The Balaban J connectivity index is 2.79. The lowest BCUT2D eigenvalue weighted by Crippen LogP contribution is -2.23. The molecule has 2 N–H and O–H groups in total. The molecule has 1 unspecified atom stereocenters. The van der Waals surface area contributed by atoms with E-state index in [1.165, 1.54) is 0 Å². The number of rotatable bonds is 9. The molecule has 0 saturated heterocycles. The zero-order valence-corrected chi connectivity index (χ0v) is 13.4. The zero-order chi connectivity index (χ0) is 15.0. The fraction of sp³-hybridized carbons (Fsp3) is 0.733. The van der Waals surface area contributed by atoms with E-state index in [0.29, 0.717) is 12.5 Å². The van der Waals surface area contributed by atoms with Gasteiger partial charge in [-0.15, -0.1) is 0 Å². The molecule has 1 rings (SSSR count). The second-order valence-corrected chi connectivity index (χ2v) is 5.28. The summed E-state index contributed by atoms with van der Waals surface area (Å²) in [5.41, 5.74) is 0. The first-order chi connectivity index (χ1) is 9.56. The molecule has 20 heavy (non-hydrogen) atoms. The van der Waals surface area contributed by atoms with Crippen LogP contribution in [0.4, 0.5) is 11.6 Å². The van der Waals surface area contributed by atoms with Crippen molar-refractivity contribution in [3.63, 3.8) is 0 Å². The number of nitrogens with zero attached hydrogens (tertiary/aromatic N) is 2. The van der Waals surface area contributed by atoms with E-state index in [1.54, 1.807) is 0 Å². The van der Waals surface area contributed by atoms with Crippen molar-refractivity contribution in [3.05, 3.63) is 11.9 Å². The third kappa shape index (κ3) is 5.74. The van der Waals surface area contributed by atoms with Gasteiger partial charge in [0.1, 0.15) is 17.5 Å². The summed E-state index contributed by atoms with van der Waals surface area (Å²) in [5, 5.41) is 6.70. The maximum atomic E-state index is 5.42. The molecule has 1 aromatic heterocycles. The van der Waals surface area contributed by atoms with Crippen LogP contribution in [-0.2, 0) is 4.74 Å². The Morgan fingerprint density at radius 2 is 1.85 bits per heavy atom. The molecular weight excluding hydrogens is 252 g/mol. The molecule has 0 aliphatic rings. The second kappa shape index (κ2) is 8.74. The molecule has 1 aromatic rings. The van der Waals surface area contributed by atoms with E-state index < -0.39 is 0 Å². The van der Waals surface area contributed by atoms with Crippen LogP contribution in [0.5, 0.6) is 0 Å². The van der Waals surface area contributed by atoms with Gasteiger partial charge in [0, 0.05) is 31.2 Å². The average molecular weight is 280 g/mol. The van der Waals surface area contributed by atoms with Gasteiger partial charge in [0.25, 0.3) is 0 Å². The van der Waals surface area contributed by atoms with E-state index in [1.807, 2.05) is 13.0 Å². The predicted octanol–water partition coefficient (Wildman–Crippen LogP) is 3.26. The number of hydrogen-bond acceptors (Lipinski definition) is 5. The fourth-order valence-corrected chi connectivity index (χ4v) is 1.73. The lowest BCUT2D eigenvalue weighted by Gasteiger charge is -2.17. The van der Waals surface area contributed by atoms with Crippen LogP contribution in [0.1, 0.15) is 52.8 Å². The Kier molecular flexibility index (Phi) is 7.30. The molecule has 0 spiro atoms. The van der Waals surface area contributed by atoms with Gasteiger partial charge < -0.3 is 15.4 Å². The summed E-state index contributed by atoms with van der Waals surface area (Å²) in [6.07, 6.45) is 1.07. The smallest absolute Gasteiger partial charge is 0.135 e. The highest BCUT2D eigenvalue weighted by Crippen LogP contribution is 2.17. The Labute approximate surface area is 122 Å². The van der Waals surface area contributed by atoms with Crippen LogP contribution in [0, 0.1) is 0 Å². The molecule has 0 bridgehead atoms. The SMILES string of the molecule is CCCNc1cc(NC(C)COCC)nc(C(C)C)n1. The number of aromatic nitrogens is 2. The van der Waals surface area contributed by atoms with Gasteiger partial charge in [0.15, 0.2) is 0 Å². The van der Waals surface area contributed by atoms with Gasteiger partial charge in [-0.05, 0) is 20.3 Å². The van der Waals surface area contributed by atoms with Crippen molar-refractivity contribution in [2.75, 3.05) is 30.4 Å². The maximum absolute atomic E-state index is 5.42. The minimum absolute atomic E-state index is 0.226. The van der Waals surface area contributed by atoms with Crippen LogP contribution in [0.3, 0.4) is 0 Å². The van der Waals surface area contributed by atoms with E-state index in [4.69, 9.17) is 4.74 Å². The van der Waals surface area contributed by atoms with Crippen LogP contribution in [0.2, 0.25) is 0 Å². The van der Waals surface area contributed by atoms with Crippen molar-refractivity contribution in [3.8, 4) is 0 Å². The highest BCUT2D eigenvalue weighted by atomic mass is 16.5. The summed E-state index contributed by atoms with van der Waals surface area (Å²) in [4.78, 5) is 9.12. The highest BCUT2D eigenvalue weighted by Gasteiger charge is 2.10. The molecule has 0 aliphatic heterocycles. The fourth-order valence-electron chi connectivity index (χ4n) is 1.73. The van der Waals surface area contributed by atoms with E-state index in [-0.39, 0.29) is 6.04 Å². The molecule has 0 aromatic carbocycles. The standard InChI is InChI=1S/C15H28N4O/c1-6-8-16-13-9-14(17-12(5)10-20-7-2)19-15(18-13)11(3)4/h9,11-12H,6-8,10H2,1-5H3,(H2,16,17,18,19). The minimum atomic E-state index is 0.226. The van der Waals surface area contributed by atoms with E-state index >= 15 is 0 Å². The molecule has 0 amide bonds. The molecule has 0 saturated carbocycles. The Morgan fingerprint density at radius 3 is 2.45 bits per heavy atom. The summed E-state index contributed by atoms with van der Waals surface area (Å²) < 4.78 is 5.42. The average Bonchev–Trinajstić information content (AvgIpc) is 2.42. The lowest BCUT2D eigenvalue weighted by molar-refractivity contribution is 0.141. The molecule has 5 nitrogen and oxygen atoms in total. The molecule has 0 fully saturated rings. The van der Waals surface area contributed by atoms with Gasteiger partial charge in [-0.2, -0.15) is 0 Å². The van der Waals surface area contributed by atoms with Crippen molar-refractivity contribution >= 4 is 11.6 Å². The van der Waals surface area contributed by atoms with E-state index in [9.17, 15) is 0 Å². The minimum Gasteiger partial charge on any atom is -0.380 e. The first kappa shape index (κ1) is 16.7. The molecule has 1 atom stereocenters. The van der Waals surface area contributed by atoms with Gasteiger partial charge >= 0.3 is 0 Å². The van der Waals surface area contributed by atoms with Crippen LogP contribution in [0.15, 0.2) is 6.07 Å². The molecule has 0 aliphatic carbocycles. The van der Waals surface area contributed by atoms with E-state index in [2.05, 4.69) is 48.3 Å². The molecule has 5 heteroatoms. The Bertz CT molecular complexity index is 395. The van der Waals surface area contributed by atoms with Gasteiger partial charge in [-0.25, -0.2) is 9.97 Å². The first-order valence-corrected chi connectivity index (χ1v) is 7.53. The lowest BCUT2D eigenvalue weighted by atomic mass is 10.2.